The van der Waals surface area contributed by atoms with Crippen LogP contribution in [0, 0.1) is 0 Å². The first kappa shape index (κ1) is 17.9. The highest BCUT2D eigenvalue weighted by atomic mass is 79.9. The van der Waals surface area contributed by atoms with Crippen LogP contribution in [0.3, 0.4) is 0 Å². The monoisotopic (exact) mass is 438 g/mol. The second-order valence-corrected chi connectivity index (χ2v) is 6.71. The minimum absolute atomic E-state index is 0.0741. The van der Waals surface area contributed by atoms with Gasteiger partial charge >= 0.3 is 0 Å². The van der Waals surface area contributed by atoms with E-state index in [1.165, 1.54) is 13.4 Å². The Kier molecular flexibility index (Phi) is 4.90. The third-order valence-corrected chi connectivity index (χ3v) is 4.50. The highest BCUT2D eigenvalue weighted by Crippen LogP contribution is 2.26. The SMILES string of the molecule is COc1cc(/C=N/Nc2ncnc3c2cnn3-c2cccc(Br)c2)ccc1O. The van der Waals surface area contributed by atoms with Crippen molar-refractivity contribution in [3.8, 4) is 17.2 Å². The second-order valence-electron chi connectivity index (χ2n) is 5.80. The molecule has 0 aliphatic rings. The molecule has 0 amide bonds. The molecule has 0 saturated carbocycles. The quantitative estimate of drug-likeness (QED) is 0.363. The Hall–Kier alpha value is -3.46. The van der Waals surface area contributed by atoms with E-state index in [1.54, 1.807) is 35.3 Å². The molecule has 2 heterocycles. The summed E-state index contributed by atoms with van der Waals surface area (Å²) in [4.78, 5) is 8.59. The Morgan fingerprint density at radius 1 is 1.21 bits per heavy atom. The number of fused-ring (bicyclic) bond motifs is 1. The van der Waals surface area contributed by atoms with Crippen LogP contribution >= 0.6 is 15.9 Å². The molecule has 0 aliphatic carbocycles. The lowest BCUT2D eigenvalue weighted by molar-refractivity contribution is 0.373. The maximum absolute atomic E-state index is 9.66. The number of hydrazone groups is 1. The fraction of sp³-hybridized carbons (Fsp3) is 0.0526. The average molecular weight is 439 g/mol. The van der Waals surface area contributed by atoms with Crippen molar-refractivity contribution in [3.05, 3.63) is 65.0 Å². The van der Waals surface area contributed by atoms with Gasteiger partial charge in [-0.05, 0) is 42.0 Å². The van der Waals surface area contributed by atoms with Crippen molar-refractivity contribution in [2.45, 2.75) is 0 Å². The lowest BCUT2D eigenvalue weighted by atomic mass is 10.2. The molecule has 2 N–H and O–H groups in total. The summed E-state index contributed by atoms with van der Waals surface area (Å²) in [6.45, 7) is 0. The first-order valence-electron chi connectivity index (χ1n) is 8.26. The number of aromatic nitrogens is 4. The molecule has 0 unspecified atom stereocenters. The summed E-state index contributed by atoms with van der Waals surface area (Å²) in [5, 5.41) is 19.0. The molecule has 28 heavy (non-hydrogen) atoms. The van der Waals surface area contributed by atoms with Crippen molar-refractivity contribution < 1.29 is 9.84 Å². The summed E-state index contributed by atoms with van der Waals surface area (Å²) < 4.78 is 7.79. The molecule has 9 heteroatoms. The van der Waals surface area contributed by atoms with Crippen molar-refractivity contribution in [1.29, 1.82) is 0 Å². The molecule has 0 atom stereocenters. The zero-order valence-electron chi connectivity index (χ0n) is 14.7. The summed E-state index contributed by atoms with van der Waals surface area (Å²) in [5.41, 5.74) is 5.23. The number of aromatic hydroxyl groups is 1. The molecule has 0 aliphatic heterocycles. The molecular formula is C19H15BrN6O2. The number of halogens is 1. The highest BCUT2D eigenvalue weighted by Gasteiger charge is 2.11. The number of phenols is 1. The Labute approximate surface area is 168 Å². The van der Waals surface area contributed by atoms with Gasteiger partial charge < -0.3 is 9.84 Å². The molecule has 8 nitrogen and oxygen atoms in total. The zero-order chi connectivity index (χ0) is 19.5. The van der Waals surface area contributed by atoms with Crippen LogP contribution in [0.25, 0.3) is 16.7 Å². The summed E-state index contributed by atoms with van der Waals surface area (Å²) in [6, 6.07) is 12.7. The Bertz CT molecular complexity index is 1170. The maximum Gasteiger partial charge on any atom is 0.168 e. The Morgan fingerprint density at radius 2 is 2.11 bits per heavy atom. The van der Waals surface area contributed by atoms with E-state index in [9.17, 15) is 5.11 Å². The number of hydrogen-bond acceptors (Lipinski definition) is 7. The van der Waals surface area contributed by atoms with Gasteiger partial charge in [-0.3, -0.25) is 5.43 Å². The normalized spacial score (nSPS) is 11.2. The van der Waals surface area contributed by atoms with Crippen molar-refractivity contribution in [2.75, 3.05) is 12.5 Å². The van der Waals surface area contributed by atoms with Gasteiger partial charge in [-0.25, -0.2) is 14.6 Å². The fourth-order valence-corrected chi connectivity index (χ4v) is 3.06. The van der Waals surface area contributed by atoms with E-state index in [-0.39, 0.29) is 5.75 Å². The number of nitrogens with zero attached hydrogens (tertiary/aromatic N) is 5. The molecule has 2 aromatic carbocycles. The van der Waals surface area contributed by atoms with Crippen LogP contribution < -0.4 is 10.2 Å². The van der Waals surface area contributed by atoms with Crippen LogP contribution in [-0.2, 0) is 0 Å². The largest absolute Gasteiger partial charge is 0.504 e. The number of rotatable bonds is 5. The molecular weight excluding hydrogens is 424 g/mol. The van der Waals surface area contributed by atoms with Gasteiger partial charge in [0.05, 0.1) is 30.6 Å². The average Bonchev–Trinajstić information content (AvgIpc) is 3.14. The number of phenolic OH excluding ortho intramolecular Hbond substituents is 1. The van der Waals surface area contributed by atoms with Gasteiger partial charge in [-0.2, -0.15) is 10.2 Å². The summed E-state index contributed by atoms with van der Waals surface area (Å²) >= 11 is 3.47. The van der Waals surface area contributed by atoms with Gasteiger partial charge in [0.1, 0.15) is 6.33 Å². The molecule has 4 rings (SSSR count). The first-order chi connectivity index (χ1) is 13.7. The van der Waals surface area contributed by atoms with Crippen LogP contribution in [0.2, 0.25) is 0 Å². The Balaban J connectivity index is 1.61. The van der Waals surface area contributed by atoms with Gasteiger partial charge in [0, 0.05) is 4.47 Å². The lowest BCUT2D eigenvalue weighted by Crippen LogP contribution is -1.99. The smallest absolute Gasteiger partial charge is 0.168 e. The van der Waals surface area contributed by atoms with Gasteiger partial charge in [0.25, 0.3) is 0 Å². The highest BCUT2D eigenvalue weighted by molar-refractivity contribution is 9.10. The molecule has 4 aromatic rings. The number of anilines is 1. The second kappa shape index (κ2) is 7.65. The molecule has 0 radical (unpaired) electrons. The maximum atomic E-state index is 9.66. The number of methoxy groups -OCH3 is 1. The molecule has 0 bridgehead atoms. The van der Waals surface area contributed by atoms with E-state index in [0.29, 0.717) is 17.2 Å². The predicted octanol–water partition coefficient (Wildman–Crippen LogP) is 3.74. The minimum atomic E-state index is 0.0741. The molecule has 0 fully saturated rings. The molecule has 0 spiro atoms. The van der Waals surface area contributed by atoms with Gasteiger partial charge in [-0.1, -0.05) is 22.0 Å². The van der Waals surface area contributed by atoms with Crippen molar-refractivity contribution in [1.82, 2.24) is 19.7 Å². The molecule has 0 saturated heterocycles. The van der Waals surface area contributed by atoms with Gasteiger partial charge in [0.15, 0.2) is 23.0 Å². The van der Waals surface area contributed by atoms with E-state index in [4.69, 9.17) is 4.74 Å². The van der Waals surface area contributed by atoms with Crippen LogP contribution in [-0.4, -0.2) is 38.2 Å². The fourth-order valence-electron chi connectivity index (χ4n) is 2.67. The van der Waals surface area contributed by atoms with Gasteiger partial charge in [0.2, 0.25) is 0 Å². The predicted molar refractivity (Wildman–Crippen MR) is 110 cm³/mol. The van der Waals surface area contributed by atoms with E-state index < -0.39 is 0 Å². The van der Waals surface area contributed by atoms with Crippen LogP contribution in [0.4, 0.5) is 5.82 Å². The third-order valence-electron chi connectivity index (χ3n) is 4.01. The molecule has 140 valence electrons. The van der Waals surface area contributed by atoms with Gasteiger partial charge in [-0.15, -0.1) is 0 Å². The third kappa shape index (κ3) is 3.52. The van der Waals surface area contributed by atoms with Crippen LogP contribution in [0.1, 0.15) is 5.56 Å². The van der Waals surface area contributed by atoms with Crippen molar-refractivity contribution in [2.24, 2.45) is 5.10 Å². The van der Waals surface area contributed by atoms with Crippen LogP contribution in [0.5, 0.6) is 11.5 Å². The number of nitrogens with one attached hydrogen (secondary N) is 1. The Morgan fingerprint density at radius 3 is 2.93 bits per heavy atom. The zero-order valence-corrected chi connectivity index (χ0v) is 16.3. The summed E-state index contributed by atoms with van der Waals surface area (Å²) in [5.74, 6) is 0.988. The van der Waals surface area contributed by atoms with E-state index in [2.05, 4.69) is 41.5 Å². The van der Waals surface area contributed by atoms with E-state index in [1.807, 2.05) is 24.3 Å². The van der Waals surface area contributed by atoms with E-state index >= 15 is 0 Å². The number of hydrogen-bond donors (Lipinski definition) is 2. The van der Waals surface area contributed by atoms with E-state index in [0.717, 1.165) is 21.1 Å². The number of ether oxygens (including phenoxy) is 1. The summed E-state index contributed by atoms with van der Waals surface area (Å²) in [7, 11) is 1.49. The standard InChI is InChI=1S/C19H15BrN6O2/c1-28-17-7-12(5-6-16(17)27)9-23-25-18-15-10-24-26(19(15)22-11-21-18)14-4-2-3-13(20)8-14/h2-11,27H,1H3,(H,21,22,25)/b23-9+. The molecule has 2 aromatic heterocycles. The van der Waals surface area contributed by atoms with Crippen molar-refractivity contribution in [3.63, 3.8) is 0 Å². The lowest BCUT2D eigenvalue weighted by Gasteiger charge is -2.05. The summed E-state index contributed by atoms with van der Waals surface area (Å²) in [6.07, 6.45) is 4.76. The number of benzene rings is 2. The topological polar surface area (TPSA) is 97.5 Å². The first-order valence-corrected chi connectivity index (χ1v) is 9.06. The van der Waals surface area contributed by atoms with Crippen molar-refractivity contribution >= 4 is 39.0 Å². The minimum Gasteiger partial charge on any atom is -0.504 e. The van der Waals surface area contributed by atoms with Crippen LogP contribution in [0.15, 0.2) is 64.6 Å².